The van der Waals surface area contributed by atoms with Gasteiger partial charge < -0.3 is 10.2 Å². The van der Waals surface area contributed by atoms with Gasteiger partial charge in [0.15, 0.2) is 5.78 Å². The number of thiazole rings is 1. The SMILES string of the molecule is Cc1nc(C(=O)NCc2c(C)ncc3c2CCN(C(=O)CCC(=O)c2ccc(F)cc2)C3)cs1. The lowest BCUT2D eigenvalue weighted by molar-refractivity contribution is -0.132. The smallest absolute Gasteiger partial charge is 0.271 e. The monoisotopic (exact) mass is 480 g/mol. The average Bonchev–Trinajstić information content (AvgIpc) is 3.28. The molecule has 1 aromatic carbocycles. The highest BCUT2D eigenvalue weighted by molar-refractivity contribution is 7.09. The molecule has 0 spiro atoms. The van der Waals surface area contributed by atoms with Crippen molar-refractivity contribution in [2.75, 3.05) is 6.54 Å². The Morgan fingerprint density at radius 1 is 1.15 bits per heavy atom. The van der Waals surface area contributed by atoms with E-state index in [1.807, 2.05) is 13.8 Å². The molecule has 9 heteroatoms. The summed E-state index contributed by atoms with van der Waals surface area (Å²) in [6.07, 6.45) is 2.61. The lowest BCUT2D eigenvalue weighted by atomic mass is 9.94. The number of halogens is 1. The molecule has 3 aromatic rings. The summed E-state index contributed by atoms with van der Waals surface area (Å²) in [4.78, 5) is 47.9. The predicted molar refractivity (Wildman–Crippen MR) is 126 cm³/mol. The number of fused-ring (bicyclic) bond motifs is 1. The standard InChI is InChI=1S/C25H25FN4O3S/c1-15-21(12-28-25(33)22-14-34-16(2)29-22)20-9-10-30(13-18(20)11-27-15)24(32)8-7-23(31)17-3-5-19(26)6-4-17/h3-6,11,14H,7-10,12-13H2,1-2H3,(H,28,33). The maximum absolute atomic E-state index is 13.0. The van der Waals surface area contributed by atoms with E-state index in [4.69, 9.17) is 0 Å². The fourth-order valence-electron chi connectivity index (χ4n) is 4.06. The van der Waals surface area contributed by atoms with Crippen molar-refractivity contribution < 1.29 is 18.8 Å². The van der Waals surface area contributed by atoms with Gasteiger partial charge in [-0.05, 0) is 61.2 Å². The second kappa shape index (κ2) is 10.2. The average molecular weight is 481 g/mol. The highest BCUT2D eigenvalue weighted by Gasteiger charge is 2.24. The molecule has 3 heterocycles. The van der Waals surface area contributed by atoms with Gasteiger partial charge in [-0.25, -0.2) is 9.37 Å². The van der Waals surface area contributed by atoms with Crippen LogP contribution >= 0.6 is 11.3 Å². The van der Waals surface area contributed by atoms with Crippen molar-refractivity contribution in [3.8, 4) is 0 Å². The predicted octanol–water partition coefficient (Wildman–Crippen LogP) is 3.77. The summed E-state index contributed by atoms with van der Waals surface area (Å²) in [5, 5.41) is 5.50. The van der Waals surface area contributed by atoms with E-state index in [0.717, 1.165) is 27.4 Å². The van der Waals surface area contributed by atoms with Gasteiger partial charge >= 0.3 is 0 Å². The number of nitrogens with one attached hydrogen (secondary N) is 1. The molecule has 2 aromatic heterocycles. The number of pyridine rings is 1. The molecule has 0 radical (unpaired) electrons. The second-order valence-corrected chi connectivity index (χ2v) is 9.32. The Morgan fingerprint density at radius 3 is 2.62 bits per heavy atom. The summed E-state index contributed by atoms with van der Waals surface area (Å²) < 4.78 is 13.0. The third kappa shape index (κ3) is 5.36. The topological polar surface area (TPSA) is 92.3 Å². The first-order valence-corrected chi connectivity index (χ1v) is 11.9. The second-order valence-electron chi connectivity index (χ2n) is 8.26. The first-order valence-electron chi connectivity index (χ1n) is 11.0. The van der Waals surface area contributed by atoms with Crippen LogP contribution in [0.3, 0.4) is 0 Å². The van der Waals surface area contributed by atoms with E-state index < -0.39 is 5.82 Å². The normalized spacial score (nSPS) is 12.9. The van der Waals surface area contributed by atoms with Gasteiger partial charge in [0.2, 0.25) is 5.91 Å². The van der Waals surface area contributed by atoms with Gasteiger partial charge in [0.1, 0.15) is 11.5 Å². The lowest BCUT2D eigenvalue weighted by Crippen LogP contribution is -2.37. The van der Waals surface area contributed by atoms with Crippen LogP contribution in [0.5, 0.6) is 0 Å². The van der Waals surface area contributed by atoms with Gasteiger partial charge in [-0.2, -0.15) is 0 Å². The molecule has 7 nitrogen and oxygen atoms in total. The van der Waals surface area contributed by atoms with Crippen molar-refractivity contribution >= 4 is 28.9 Å². The maximum Gasteiger partial charge on any atom is 0.271 e. The molecule has 0 atom stereocenters. The largest absolute Gasteiger partial charge is 0.347 e. The van der Waals surface area contributed by atoms with Crippen molar-refractivity contribution in [2.45, 2.75) is 46.2 Å². The minimum absolute atomic E-state index is 0.0767. The van der Waals surface area contributed by atoms with Crippen LogP contribution in [0.25, 0.3) is 0 Å². The van der Waals surface area contributed by atoms with Crippen LogP contribution in [0.2, 0.25) is 0 Å². The van der Waals surface area contributed by atoms with Gasteiger partial charge in [0.05, 0.1) is 5.01 Å². The van der Waals surface area contributed by atoms with Crippen molar-refractivity contribution in [3.63, 3.8) is 0 Å². The zero-order chi connectivity index (χ0) is 24.2. The lowest BCUT2D eigenvalue weighted by Gasteiger charge is -2.30. The molecule has 1 N–H and O–H groups in total. The Bertz CT molecular complexity index is 1240. The van der Waals surface area contributed by atoms with Crippen LogP contribution in [0.1, 0.15) is 61.1 Å². The quantitative estimate of drug-likeness (QED) is 0.520. The van der Waals surface area contributed by atoms with Gasteiger partial charge in [-0.3, -0.25) is 19.4 Å². The number of carbonyl (C=O) groups excluding carboxylic acids is 3. The number of hydrogen-bond donors (Lipinski definition) is 1. The summed E-state index contributed by atoms with van der Waals surface area (Å²) in [6.45, 7) is 5.06. The Labute approximate surface area is 201 Å². The van der Waals surface area contributed by atoms with Gasteiger partial charge in [-0.1, -0.05) is 0 Å². The summed E-state index contributed by atoms with van der Waals surface area (Å²) in [6, 6.07) is 5.35. The summed E-state index contributed by atoms with van der Waals surface area (Å²) in [7, 11) is 0. The van der Waals surface area contributed by atoms with Gasteiger partial charge in [0, 0.05) is 55.3 Å². The van der Waals surface area contributed by atoms with Crippen molar-refractivity contribution in [2.24, 2.45) is 0 Å². The van der Waals surface area contributed by atoms with E-state index in [-0.39, 0.29) is 30.4 Å². The molecule has 0 bridgehead atoms. The zero-order valence-corrected chi connectivity index (χ0v) is 19.9. The molecule has 0 aliphatic carbocycles. The van der Waals surface area contributed by atoms with Crippen LogP contribution < -0.4 is 5.32 Å². The van der Waals surface area contributed by atoms with E-state index in [1.165, 1.54) is 35.6 Å². The van der Waals surface area contributed by atoms with Crippen LogP contribution in [0, 0.1) is 19.7 Å². The van der Waals surface area contributed by atoms with Gasteiger partial charge in [-0.15, -0.1) is 11.3 Å². The summed E-state index contributed by atoms with van der Waals surface area (Å²) in [5.41, 5.74) is 4.68. The number of amides is 2. The Balaban J connectivity index is 1.37. The fraction of sp³-hybridized carbons (Fsp3) is 0.320. The number of aryl methyl sites for hydroxylation is 2. The highest BCUT2D eigenvalue weighted by atomic mass is 32.1. The van der Waals surface area contributed by atoms with Crippen molar-refractivity contribution in [3.05, 3.63) is 80.3 Å². The number of ketones is 1. The van der Waals surface area contributed by atoms with Crippen LogP contribution in [0.15, 0.2) is 35.8 Å². The summed E-state index contributed by atoms with van der Waals surface area (Å²) in [5.74, 6) is -0.910. The Morgan fingerprint density at radius 2 is 1.91 bits per heavy atom. The first kappa shape index (κ1) is 23.7. The Hall–Kier alpha value is -3.46. The molecule has 176 valence electrons. The third-order valence-corrected chi connectivity index (χ3v) is 6.73. The number of rotatable bonds is 7. The third-order valence-electron chi connectivity index (χ3n) is 5.96. The fourth-order valence-corrected chi connectivity index (χ4v) is 4.65. The molecule has 0 saturated heterocycles. The minimum atomic E-state index is -0.402. The number of carbonyl (C=O) groups is 3. The number of benzene rings is 1. The Kier molecular flexibility index (Phi) is 7.12. The molecule has 0 unspecified atom stereocenters. The van der Waals surface area contributed by atoms with Gasteiger partial charge in [0.25, 0.3) is 5.91 Å². The molecule has 1 aliphatic rings. The van der Waals surface area contributed by atoms with Crippen LogP contribution in [0.4, 0.5) is 4.39 Å². The molecular weight excluding hydrogens is 455 g/mol. The van der Waals surface area contributed by atoms with Crippen LogP contribution in [-0.4, -0.2) is 39.0 Å². The van der Waals surface area contributed by atoms with Crippen LogP contribution in [-0.2, 0) is 24.3 Å². The highest BCUT2D eigenvalue weighted by Crippen LogP contribution is 2.25. The molecule has 34 heavy (non-hydrogen) atoms. The molecular formula is C25H25FN4O3S. The molecule has 4 rings (SSSR count). The summed E-state index contributed by atoms with van der Waals surface area (Å²) >= 11 is 1.43. The number of aromatic nitrogens is 2. The number of hydrogen-bond acceptors (Lipinski definition) is 6. The van der Waals surface area contributed by atoms with E-state index in [2.05, 4.69) is 15.3 Å². The molecule has 1 aliphatic heterocycles. The van der Waals surface area contributed by atoms with E-state index in [0.29, 0.717) is 37.3 Å². The molecule has 2 amide bonds. The molecule has 0 fully saturated rings. The van der Waals surface area contributed by atoms with Crippen molar-refractivity contribution in [1.82, 2.24) is 20.2 Å². The minimum Gasteiger partial charge on any atom is -0.347 e. The van der Waals surface area contributed by atoms with E-state index >= 15 is 0 Å². The maximum atomic E-state index is 13.0. The van der Waals surface area contributed by atoms with E-state index in [1.54, 1.807) is 16.5 Å². The first-order chi connectivity index (χ1) is 16.3. The number of Topliss-reactive ketones (excluding diaryl/α,β-unsaturated/α-hetero) is 1. The molecule has 0 saturated carbocycles. The van der Waals surface area contributed by atoms with E-state index in [9.17, 15) is 18.8 Å². The number of nitrogens with zero attached hydrogens (tertiary/aromatic N) is 3. The zero-order valence-electron chi connectivity index (χ0n) is 19.1. The van der Waals surface area contributed by atoms with Crippen molar-refractivity contribution in [1.29, 1.82) is 0 Å².